The molecule has 132 valence electrons. The van der Waals surface area contributed by atoms with Gasteiger partial charge in [-0.05, 0) is 45.8 Å². The summed E-state index contributed by atoms with van der Waals surface area (Å²) in [4.78, 5) is 27.3. The lowest BCUT2D eigenvalue weighted by Gasteiger charge is -2.09. The van der Waals surface area contributed by atoms with Gasteiger partial charge in [-0.1, -0.05) is 6.07 Å². The van der Waals surface area contributed by atoms with Gasteiger partial charge in [0.25, 0.3) is 0 Å². The van der Waals surface area contributed by atoms with Crippen LogP contribution in [0.25, 0.3) is 5.65 Å². The van der Waals surface area contributed by atoms with Crippen LogP contribution in [0.3, 0.4) is 0 Å². The highest BCUT2D eigenvalue weighted by atomic mass is 79.9. The number of pyridine rings is 1. The molecule has 10 heteroatoms. The van der Waals surface area contributed by atoms with Crippen LogP contribution in [0.4, 0.5) is 11.5 Å². The van der Waals surface area contributed by atoms with Gasteiger partial charge in [0.2, 0.25) is 12.6 Å². The molecule has 0 saturated carbocycles. The second kappa shape index (κ2) is 6.30. The lowest BCUT2D eigenvalue weighted by atomic mass is 10.2. The third kappa shape index (κ3) is 2.73. The van der Waals surface area contributed by atoms with Crippen molar-refractivity contribution in [2.24, 2.45) is 0 Å². The van der Waals surface area contributed by atoms with Crippen molar-refractivity contribution >= 4 is 33.1 Å². The van der Waals surface area contributed by atoms with Crippen LogP contribution in [-0.2, 0) is 6.54 Å². The summed E-state index contributed by atoms with van der Waals surface area (Å²) in [5, 5.41) is 14.3. The molecular weight excluding hydrogens is 408 g/mol. The first-order valence-corrected chi connectivity index (χ1v) is 8.31. The number of aromatic nitrogens is 2. The van der Waals surface area contributed by atoms with Crippen molar-refractivity contribution in [2.75, 3.05) is 12.1 Å². The molecule has 2 aromatic heterocycles. The van der Waals surface area contributed by atoms with E-state index in [0.717, 1.165) is 9.96 Å². The third-order valence-corrected chi connectivity index (χ3v) is 4.43. The molecule has 0 unspecified atom stereocenters. The van der Waals surface area contributed by atoms with Crippen LogP contribution in [0.1, 0.15) is 5.56 Å². The number of hydrogen-bond acceptors (Lipinski definition) is 7. The normalized spacial score (nSPS) is 12.3. The van der Waals surface area contributed by atoms with E-state index < -0.39 is 16.2 Å². The largest absolute Gasteiger partial charge is 0.454 e. The van der Waals surface area contributed by atoms with Crippen LogP contribution >= 0.6 is 15.9 Å². The van der Waals surface area contributed by atoms with Crippen molar-refractivity contribution in [3.63, 3.8) is 0 Å². The summed E-state index contributed by atoms with van der Waals surface area (Å²) in [5.74, 6) is 1.11. The van der Waals surface area contributed by atoms with E-state index in [2.05, 4.69) is 26.2 Å². The van der Waals surface area contributed by atoms with Gasteiger partial charge in [0.15, 0.2) is 11.5 Å². The molecule has 4 rings (SSSR count). The molecule has 3 aromatic rings. The van der Waals surface area contributed by atoms with Crippen molar-refractivity contribution in [3.05, 3.63) is 67.0 Å². The highest BCUT2D eigenvalue weighted by Gasteiger charge is 2.24. The van der Waals surface area contributed by atoms with Crippen molar-refractivity contribution < 1.29 is 14.4 Å². The first kappa shape index (κ1) is 16.3. The molecule has 3 heterocycles. The van der Waals surface area contributed by atoms with Crippen LogP contribution in [0.15, 0.2) is 45.8 Å². The van der Waals surface area contributed by atoms with Crippen LogP contribution in [0, 0.1) is 10.1 Å². The van der Waals surface area contributed by atoms with Gasteiger partial charge < -0.3 is 14.8 Å². The Hall–Kier alpha value is -3.14. The Balaban J connectivity index is 1.71. The van der Waals surface area contributed by atoms with Gasteiger partial charge in [-0.25, -0.2) is 4.98 Å². The van der Waals surface area contributed by atoms with E-state index >= 15 is 0 Å². The Morgan fingerprint density at radius 2 is 2.19 bits per heavy atom. The van der Waals surface area contributed by atoms with E-state index in [1.165, 1.54) is 6.20 Å². The minimum absolute atomic E-state index is 0.0833. The predicted octanol–water partition coefficient (Wildman–Crippen LogP) is 2.71. The number of benzene rings is 1. The zero-order valence-corrected chi connectivity index (χ0v) is 14.7. The highest BCUT2D eigenvalue weighted by Crippen LogP contribution is 2.40. The summed E-state index contributed by atoms with van der Waals surface area (Å²) >= 11 is 3.40. The topological polar surface area (TPSA) is 108 Å². The molecule has 1 aliphatic rings. The fourth-order valence-corrected chi connectivity index (χ4v) is 3.28. The molecule has 9 nitrogen and oxygen atoms in total. The van der Waals surface area contributed by atoms with E-state index in [0.29, 0.717) is 21.6 Å². The fraction of sp³-hybridized carbons (Fsp3) is 0.125. The number of fused-ring (bicyclic) bond motifs is 2. The van der Waals surface area contributed by atoms with Crippen LogP contribution < -0.4 is 20.3 Å². The van der Waals surface area contributed by atoms with E-state index in [-0.39, 0.29) is 19.2 Å². The van der Waals surface area contributed by atoms with Gasteiger partial charge in [-0.15, -0.1) is 0 Å². The van der Waals surface area contributed by atoms with Crippen LogP contribution in [-0.4, -0.2) is 21.1 Å². The quantitative estimate of drug-likeness (QED) is 0.512. The Bertz CT molecular complexity index is 1100. The number of rotatable bonds is 4. The summed E-state index contributed by atoms with van der Waals surface area (Å²) < 4.78 is 12.5. The van der Waals surface area contributed by atoms with Crippen LogP contribution in [0.5, 0.6) is 11.5 Å². The summed E-state index contributed by atoms with van der Waals surface area (Å²) in [7, 11) is 0. The van der Waals surface area contributed by atoms with Gasteiger partial charge in [0.1, 0.15) is 5.65 Å². The molecule has 0 atom stereocenters. The average molecular weight is 419 g/mol. The minimum Gasteiger partial charge on any atom is -0.454 e. The van der Waals surface area contributed by atoms with Crippen molar-refractivity contribution in [1.82, 2.24) is 9.38 Å². The van der Waals surface area contributed by atoms with Gasteiger partial charge >= 0.3 is 11.2 Å². The lowest BCUT2D eigenvalue weighted by Crippen LogP contribution is -2.21. The molecule has 0 radical (unpaired) electrons. The number of anilines is 1. The molecular formula is C16H11BrN4O5. The second-order valence-electron chi connectivity index (χ2n) is 5.47. The number of ether oxygens (including phenoxy) is 2. The first-order chi connectivity index (χ1) is 12.5. The zero-order valence-electron chi connectivity index (χ0n) is 13.1. The Morgan fingerprint density at radius 1 is 1.35 bits per heavy atom. The number of hydrogen-bond donors (Lipinski definition) is 1. The Morgan fingerprint density at radius 3 is 3.00 bits per heavy atom. The molecule has 0 spiro atoms. The molecule has 0 amide bonds. The SMILES string of the molecule is O=c1c([N+](=O)[O-])c(NCc2cc(Br)c3c(c2)OCO3)nc2ccccn12. The molecule has 0 aliphatic carbocycles. The summed E-state index contributed by atoms with van der Waals surface area (Å²) in [6.07, 6.45) is 1.44. The number of nitro groups is 1. The lowest BCUT2D eigenvalue weighted by molar-refractivity contribution is -0.385. The maximum atomic E-state index is 12.4. The zero-order chi connectivity index (χ0) is 18.3. The highest BCUT2D eigenvalue weighted by molar-refractivity contribution is 9.10. The fourth-order valence-electron chi connectivity index (χ4n) is 2.68. The van der Waals surface area contributed by atoms with Gasteiger partial charge in [-0.2, -0.15) is 0 Å². The molecule has 1 aliphatic heterocycles. The van der Waals surface area contributed by atoms with E-state index in [9.17, 15) is 14.9 Å². The van der Waals surface area contributed by atoms with Crippen LogP contribution in [0.2, 0.25) is 0 Å². The summed E-state index contributed by atoms with van der Waals surface area (Å²) in [6, 6.07) is 8.48. The predicted molar refractivity (Wildman–Crippen MR) is 95.7 cm³/mol. The molecule has 0 saturated heterocycles. The Labute approximate surface area is 154 Å². The van der Waals surface area contributed by atoms with Gasteiger partial charge in [-0.3, -0.25) is 19.3 Å². The number of nitrogens with one attached hydrogen (secondary N) is 1. The maximum absolute atomic E-state index is 12.4. The molecule has 26 heavy (non-hydrogen) atoms. The van der Waals surface area contributed by atoms with E-state index in [1.54, 1.807) is 30.3 Å². The minimum atomic E-state index is -0.741. The van der Waals surface area contributed by atoms with Crippen molar-refractivity contribution in [1.29, 1.82) is 0 Å². The summed E-state index contributed by atoms with van der Waals surface area (Å²) in [5.41, 5.74) is -0.244. The monoisotopic (exact) mass is 418 g/mol. The van der Waals surface area contributed by atoms with Crippen molar-refractivity contribution in [3.8, 4) is 11.5 Å². The summed E-state index contributed by atoms with van der Waals surface area (Å²) in [6.45, 7) is 0.352. The maximum Gasteiger partial charge on any atom is 0.376 e. The average Bonchev–Trinajstić information content (AvgIpc) is 3.09. The molecule has 0 fully saturated rings. The third-order valence-electron chi connectivity index (χ3n) is 3.84. The van der Waals surface area contributed by atoms with Gasteiger partial charge in [0, 0.05) is 12.7 Å². The van der Waals surface area contributed by atoms with E-state index in [1.807, 2.05) is 0 Å². The standard InChI is InChI=1S/C16H11BrN4O5/c17-10-5-9(6-11-14(10)26-8-25-11)7-18-15-13(21(23)24)16(22)20-4-2-1-3-12(20)19-15/h1-6,18H,7-8H2. The molecule has 1 N–H and O–H groups in total. The molecule has 1 aromatic carbocycles. The first-order valence-electron chi connectivity index (χ1n) is 7.52. The number of halogens is 1. The van der Waals surface area contributed by atoms with Gasteiger partial charge in [0.05, 0.1) is 9.40 Å². The Kier molecular flexibility index (Phi) is 3.96. The van der Waals surface area contributed by atoms with Crippen molar-refractivity contribution in [2.45, 2.75) is 6.54 Å². The smallest absolute Gasteiger partial charge is 0.376 e. The number of nitrogens with zero attached hydrogens (tertiary/aromatic N) is 3. The second-order valence-corrected chi connectivity index (χ2v) is 6.32. The molecule has 0 bridgehead atoms. The van der Waals surface area contributed by atoms with E-state index in [4.69, 9.17) is 9.47 Å².